The van der Waals surface area contributed by atoms with Gasteiger partial charge in [-0.25, -0.2) is 0 Å². The third kappa shape index (κ3) is 1.52. The van der Waals surface area contributed by atoms with Crippen LogP contribution in [0.5, 0.6) is 0 Å². The molecule has 0 saturated heterocycles. The fourth-order valence-corrected chi connectivity index (χ4v) is 0.639. The number of rotatable bonds is 0. The molecule has 4 N–H and O–H groups in total. The van der Waals surface area contributed by atoms with Crippen LogP contribution < -0.4 is 11.5 Å². The molecule has 2 heteroatoms. The molecule has 2 nitrogen and oxygen atoms in total. The molecule has 10 heavy (non-hydrogen) atoms. The third-order valence-corrected chi connectivity index (χ3v) is 1.22. The van der Waals surface area contributed by atoms with Crippen LogP contribution in [0.15, 0.2) is 47.9 Å². The quantitative estimate of drug-likeness (QED) is 0.514. The predicted molar refractivity (Wildman–Crippen MR) is 42.8 cm³/mol. The highest BCUT2D eigenvalue weighted by Gasteiger charge is 1.90. The lowest BCUT2D eigenvalue weighted by Crippen LogP contribution is -2.08. The van der Waals surface area contributed by atoms with Crippen molar-refractivity contribution in [3.05, 3.63) is 47.9 Å². The van der Waals surface area contributed by atoms with Crippen molar-refractivity contribution in [2.45, 2.75) is 0 Å². The summed E-state index contributed by atoms with van der Waals surface area (Å²) in [5.41, 5.74) is 12.3. The van der Waals surface area contributed by atoms with Crippen LogP contribution in [0.3, 0.4) is 0 Å². The summed E-state index contributed by atoms with van der Waals surface area (Å²) in [5, 5.41) is 0. The van der Waals surface area contributed by atoms with Crippen LogP contribution in [0.2, 0.25) is 0 Å². The largest absolute Gasteiger partial charge is 0.397 e. The smallest absolute Gasteiger partial charge is 0.0547 e. The fourth-order valence-electron chi connectivity index (χ4n) is 0.639. The first-order valence-corrected chi connectivity index (χ1v) is 3.07. The van der Waals surface area contributed by atoms with Gasteiger partial charge in [-0.05, 0) is 12.2 Å². The van der Waals surface area contributed by atoms with Gasteiger partial charge in [-0.2, -0.15) is 0 Å². The van der Waals surface area contributed by atoms with Crippen LogP contribution in [0.1, 0.15) is 0 Å². The van der Waals surface area contributed by atoms with E-state index in [1.165, 1.54) is 0 Å². The van der Waals surface area contributed by atoms with Crippen LogP contribution in [-0.2, 0) is 0 Å². The molecule has 0 aromatic heterocycles. The Hall–Kier alpha value is -1.44. The van der Waals surface area contributed by atoms with Gasteiger partial charge in [-0.3, -0.25) is 0 Å². The molecule has 0 saturated carbocycles. The molecule has 1 aliphatic rings. The molecule has 0 aromatic rings. The average Bonchev–Trinajstić information content (AvgIpc) is 1.92. The maximum absolute atomic E-state index is 5.53. The SMILES string of the molecule is NC1=C/C=C\C=C/C=C\1N. The number of hydrogen-bond acceptors (Lipinski definition) is 2. The number of allylic oxidation sites excluding steroid dienone is 6. The molecule has 1 aliphatic carbocycles. The van der Waals surface area contributed by atoms with Gasteiger partial charge >= 0.3 is 0 Å². The van der Waals surface area contributed by atoms with Gasteiger partial charge in [-0.15, -0.1) is 0 Å². The van der Waals surface area contributed by atoms with Crippen molar-refractivity contribution in [1.29, 1.82) is 0 Å². The molecule has 52 valence electrons. The Morgan fingerprint density at radius 2 is 1.10 bits per heavy atom. The van der Waals surface area contributed by atoms with Gasteiger partial charge in [0.25, 0.3) is 0 Å². The van der Waals surface area contributed by atoms with E-state index in [9.17, 15) is 0 Å². The molecule has 0 aromatic carbocycles. The molecule has 1 rings (SSSR count). The van der Waals surface area contributed by atoms with E-state index in [1.807, 2.05) is 24.3 Å². The summed E-state index contributed by atoms with van der Waals surface area (Å²) in [6.45, 7) is 0. The van der Waals surface area contributed by atoms with E-state index in [1.54, 1.807) is 12.2 Å². The molecule has 0 amide bonds. The van der Waals surface area contributed by atoms with E-state index >= 15 is 0 Å². The van der Waals surface area contributed by atoms with E-state index in [-0.39, 0.29) is 0 Å². The zero-order valence-electron chi connectivity index (χ0n) is 5.62. The topological polar surface area (TPSA) is 52.0 Å². The van der Waals surface area contributed by atoms with Crippen molar-refractivity contribution in [3.8, 4) is 0 Å². The Morgan fingerprint density at radius 3 is 1.50 bits per heavy atom. The monoisotopic (exact) mass is 134 g/mol. The van der Waals surface area contributed by atoms with Gasteiger partial charge in [0.1, 0.15) is 0 Å². The van der Waals surface area contributed by atoms with E-state index in [2.05, 4.69) is 0 Å². The first kappa shape index (κ1) is 6.68. The maximum atomic E-state index is 5.53. The Kier molecular flexibility index (Phi) is 1.95. The molecular weight excluding hydrogens is 124 g/mol. The highest BCUT2D eigenvalue weighted by atomic mass is 14.7. The first-order valence-electron chi connectivity index (χ1n) is 3.07. The van der Waals surface area contributed by atoms with Gasteiger partial charge in [0, 0.05) is 0 Å². The van der Waals surface area contributed by atoms with Crippen LogP contribution >= 0.6 is 0 Å². The molecule has 0 unspecified atom stereocenters. The standard InChI is InChI=1S/C8H10N2/c9-7-5-3-1-2-4-6-8(7)10/h1-6H,9-10H2/b2-1?,3-1-,4-2-,5-3?,6-4?,7-5+,8-6+,8-7?. The van der Waals surface area contributed by atoms with Gasteiger partial charge in [-0.1, -0.05) is 24.3 Å². The summed E-state index contributed by atoms with van der Waals surface area (Å²) < 4.78 is 0. The Balaban J connectivity index is 2.91. The summed E-state index contributed by atoms with van der Waals surface area (Å²) in [7, 11) is 0. The van der Waals surface area contributed by atoms with Gasteiger partial charge < -0.3 is 11.5 Å². The Labute approximate surface area is 60.2 Å². The predicted octanol–water partition coefficient (Wildman–Crippen LogP) is 0.798. The van der Waals surface area contributed by atoms with Crippen molar-refractivity contribution < 1.29 is 0 Å². The second-order valence-corrected chi connectivity index (χ2v) is 2.01. The minimum Gasteiger partial charge on any atom is -0.397 e. The highest BCUT2D eigenvalue weighted by Crippen LogP contribution is 1.99. The average molecular weight is 134 g/mol. The van der Waals surface area contributed by atoms with E-state index in [0.717, 1.165) is 0 Å². The van der Waals surface area contributed by atoms with Gasteiger partial charge in [0.05, 0.1) is 11.4 Å². The van der Waals surface area contributed by atoms with Crippen LogP contribution in [-0.4, -0.2) is 0 Å². The van der Waals surface area contributed by atoms with E-state index < -0.39 is 0 Å². The van der Waals surface area contributed by atoms with Crippen LogP contribution in [0.25, 0.3) is 0 Å². The minimum absolute atomic E-state index is 0.612. The summed E-state index contributed by atoms with van der Waals surface area (Å²) in [4.78, 5) is 0. The molecule has 0 fully saturated rings. The zero-order valence-corrected chi connectivity index (χ0v) is 5.62. The molecular formula is C8H10N2. The van der Waals surface area contributed by atoms with Gasteiger partial charge in [0.2, 0.25) is 0 Å². The van der Waals surface area contributed by atoms with Crippen molar-refractivity contribution in [1.82, 2.24) is 0 Å². The lowest BCUT2D eigenvalue weighted by molar-refractivity contribution is 1.24. The highest BCUT2D eigenvalue weighted by molar-refractivity contribution is 5.34. The summed E-state index contributed by atoms with van der Waals surface area (Å²) >= 11 is 0. The molecule has 0 aliphatic heterocycles. The van der Waals surface area contributed by atoms with Crippen molar-refractivity contribution in [2.24, 2.45) is 11.5 Å². The zero-order chi connectivity index (χ0) is 7.40. The van der Waals surface area contributed by atoms with Gasteiger partial charge in [0.15, 0.2) is 0 Å². The number of nitrogens with two attached hydrogens (primary N) is 2. The second kappa shape index (κ2) is 2.92. The van der Waals surface area contributed by atoms with Crippen molar-refractivity contribution in [3.63, 3.8) is 0 Å². The third-order valence-electron chi connectivity index (χ3n) is 1.22. The maximum Gasteiger partial charge on any atom is 0.0547 e. The Bertz CT molecular complexity index is 206. The second-order valence-electron chi connectivity index (χ2n) is 2.01. The summed E-state index contributed by atoms with van der Waals surface area (Å²) in [6.07, 6.45) is 11.0. The lowest BCUT2D eigenvalue weighted by Gasteiger charge is -1.98. The Morgan fingerprint density at radius 1 is 0.700 bits per heavy atom. The minimum atomic E-state index is 0.612. The molecule has 0 spiro atoms. The first-order chi connectivity index (χ1) is 4.80. The lowest BCUT2D eigenvalue weighted by atomic mass is 10.2. The molecule has 0 bridgehead atoms. The van der Waals surface area contributed by atoms with E-state index in [4.69, 9.17) is 11.5 Å². The van der Waals surface area contributed by atoms with E-state index in [0.29, 0.717) is 11.4 Å². The fraction of sp³-hybridized carbons (Fsp3) is 0. The van der Waals surface area contributed by atoms with Crippen molar-refractivity contribution in [2.75, 3.05) is 0 Å². The molecule has 0 heterocycles. The summed E-state index contributed by atoms with van der Waals surface area (Å²) in [5.74, 6) is 0. The van der Waals surface area contributed by atoms with Crippen LogP contribution in [0, 0.1) is 0 Å². The normalized spacial score (nSPS) is 34.0. The van der Waals surface area contributed by atoms with Crippen molar-refractivity contribution >= 4 is 0 Å². The number of hydrogen-bond donors (Lipinski definition) is 2. The van der Waals surface area contributed by atoms with Crippen LogP contribution in [0.4, 0.5) is 0 Å². The molecule has 0 atom stereocenters. The summed E-state index contributed by atoms with van der Waals surface area (Å²) in [6, 6.07) is 0. The molecule has 0 radical (unpaired) electrons.